The van der Waals surface area contributed by atoms with Gasteiger partial charge in [0.1, 0.15) is 5.82 Å². The molecule has 0 aliphatic carbocycles. The van der Waals surface area contributed by atoms with Crippen molar-refractivity contribution in [3.63, 3.8) is 0 Å². The van der Waals surface area contributed by atoms with Crippen LogP contribution in [0.1, 0.15) is 29.7 Å². The van der Waals surface area contributed by atoms with E-state index >= 15 is 0 Å². The summed E-state index contributed by atoms with van der Waals surface area (Å²) in [5.74, 6) is -1.09. The highest BCUT2D eigenvalue weighted by Gasteiger charge is 2.09. The number of carboxylic acids is 1. The Bertz CT molecular complexity index is 610. The minimum atomic E-state index is -0.839. The monoisotopic (exact) mass is 287 g/mol. The van der Waals surface area contributed by atoms with E-state index in [4.69, 9.17) is 5.11 Å². The van der Waals surface area contributed by atoms with Crippen molar-refractivity contribution in [3.8, 4) is 0 Å². The number of halogens is 1. The molecule has 0 aliphatic heterocycles. The van der Waals surface area contributed by atoms with E-state index in [2.05, 4.69) is 5.32 Å². The van der Waals surface area contributed by atoms with Crippen LogP contribution < -0.4 is 5.32 Å². The Morgan fingerprint density at radius 2 is 1.76 bits per heavy atom. The van der Waals surface area contributed by atoms with Gasteiger partial charge in [-0.3, -0.25) is 4.79 Å². The zero-order valence-electron chi connectivity index (χ0n) is 11.8. The normalized spacial score (nSPS) is 12.1. The third-order valence-electron chi connectivity index (χ3n) is 3.43. The topological polar surface area (TPSA) is 49.3 Å². The third kappa shape index (κ3) is 4.39. The van der Waals surface area contributed by atoms with Crippen LogP contribution in [0.4, 0.5) is 4.39 Å². The van der Waals surface area contributed by atoms with Crippen molar-refractivity contribution < 1.29 is 14.3 Å². The van der Waals surface area contributed by atoms with Crippen LogP contribution in [0.2, 0.25) is 0 Å². The lowest BCUT2D eigenvalue weighted by atomic mass is 10.0. The average Bonchev–Trinajstić information content (AvgIpc) is 2.46. The average molecular weight is 287 g/mol. The number of carbonyl (C=O) groups is 1. The second kappa shape index (κ2) is 6.99. The van der Waals surface area contributed by atoms with Crippen LogP contribution in [-0.4, -0.2) is 11.1 Å². The molecule has 0 aliphatic rings. The summed E-state index contributed by atoms with van der Waals surface area (Å²) in [4.78, 5) is 10.9. The summed E-state index contributed by atoms with van der Waals surface area (Å²) in [6.45, 7) is 2.56. The highest BCUT2D eigenvalue weighted by Crippen LogP contribution is 2.15. The molecule has 0 spiro atoms. The van der Waals surface area contributed by atoms with E-state index in [-0.39, 0.29) is 18.3 Å². The van der Waals surface area contributed by atoms with E-state index in [1.165, 1.54) is 12.1 Å². The Hall–Kier alpha value is -2.20. The molecule has 0 saturated heterocycles. The first-order valence-electron chi connectivity index (χ1n) is 6.83. The molecule has 0 fully saturated rings. The molecule has 21 heavy (non-hydrogen) atoms. The summed E-state index contributed by atoms with van der Waals surface area (Å²) in [5.41, 5.74) is 2.77. The van der Waals surface area contributed by atoms with Crippen molar-refractivity contribution in [3.05, 3.63) is 71.0 Å². The first-order chi connectivity index (χ1) is 10.1. The summed E-state index contributed by atoms with van der Waals surface area (Å²) in [6.07, 6.45) is 0.0166. The zero-order valence-corrected chi connectivity index (χ0v) is 11.8. The molecule has 0 saturated carbocycles. The van der Waals surface area contributed by atoms with Gasteiger partial charge in [-0.25, -0.2) is 4.39 Å². The van der Waals surface area contributed by atoms with Crippen LogP contribution in [0.15, 0.2) is 48.5 Å². The molecular weight excluding hydrogens is 269 g/mol. The van der Waals surface area contributed by atoms with Crippen molar-refractivity contribution >= 4 is 5.97 Å². The zero-order chi connectivity index (χ0) is 15.2. The van der Waals surface area contributed by atoms with Crippen LogP contribution in [-0.2, 0) is 17.8 Å². The maximum Gasteiger partial charge on any atom is 0.307 e. The molecule has 2 rings (SSSR count). The molecule has 3 nitrogen and oxygen atoms in total. The van der Waals surface area contributed by atoms with Crippen molar-refractivity contribution in [1.29, 1.82) is 0 Å². The lowest BCUT2D eigenvalue weighted by Crippen LogP contribution is -2.19. The van der Waals surface area contributed by atoms with Gasteiger partial charge in [-0.05, 0) is 35.7 Å². The van der Waals surface area contributed by atoms with Crippen LogP contribution in [0.5, 0.6) is 0 Å². The number of aliphatic carboxylic acids is 1. The van der Waals surface area contributed by atoms with Crippen LogP contribution in [0.25, 0.3) is 0 Å². The van der Waals surface area contributed by atoms with E-state index in [9.17, 15) is 9.18 Å². The number of carboxylic acid groups (broad SMARTS) is 1. The Labute approximate surface area is 123 Å². The van der Waals surface area contributed by atoms with E-state index in [1.54, 1.807) is 12.1 Å². The number of nitrogens with one attached hydrogen (secondary N) is 1. The molecule has 2 aromatic rings. The number of hydrogen-bond donors (Lipinski definition) is 2. The van der Waals surface area contributed by atoms with Gasteiger partial charge in [0.15, 0.2) is 0 Å². The molecule has 0 aromatic heterocycles. The highest BCUT2D eigenvalue weighted by atomic mass is 19.1. The van der Waals surface area contributed by atoms with E-state index < -0.39 is 5.97 Å². The third-order valence-corrected chi connectivity index (χ3v) is 3.43. The van der Waals surface area contributed by atoms with Crippen molar-refractivity contribution in [2.24, 2.45) is 0 Å². The second-order valence-electron chi connectivity index (χ2n) is 4.99. The van der Waals surface area contributed by atoms with Crippen molar-refractivity contribution in [2.75, 3.05) is 0 Å². The Kier molecular flexibility index (Phi) is 5.06. The smallest absolute Gasteiger partial charge is 0.307 e. The summed E-state index contributed by atoms with van der Waals surface area (Å²) >= 11 is 0. The highest BCUT2D eigenvalue weighted by molar-refractivity contribution is 5.70. The van der Waals surface area contributed by atoms with Gasteiger partial charge >= 0.3 is 5.97 Å². The number of hydrogen-bond acceptors (Lipinski definition) is 2. The predicted molar refractivity (Wildman–Crippen MR) is 79.4 cm³/mol. The molecule has 0 unspecified atom stereocenters. The van der Waals surface area contributed by atoms with Crippen molar-refractivity contribution in [1.82, 2.24) is 5.32 Å². The number of rotatable bonds is 6. The predicted octanol–water partition coefficient (Wildman–Crippen LogP) is 3.30. The van der Waals surface area contributed by atoms with Gasteiger partial charge in [0, 0.05) is 12.6 Å². The molecular formula is C17H18FNO2. The molecule has 110 valence electrons. The molecule has 2 N–H and O–H groups in total. The summed E-state index contributed by atoms with van der Waals surface area (Å²) in [7, 11) is 0. The molecule has 0 radical (unpaired) electrons. The van der Waals surface area contributed by atoms with Crippen LogP contribution in [0.3, 0.4) is 0 Å². The molecule has 0 heterocycles. The summed E-state index contributed by atoms with van der Waals surface area (Å²) < 4.78 is 12.9. The first-order valence-corrected chi connectivity index (χ1v) is 6.83. The fourth-order valence-electron chi connectivity index (χ4n) is 2.20. The van der Waals surface area contributed by atoms with E-state index in [0.717, 1.165) is 16.7 Å². The SMILES string of the molecule is C[C@H](NCc1ccccc1CC(=O)O)c1ccc(F)cc1. The Balaban J connectivity index is 2.02. The first kappa shape index (κ1) is 15.2. The minimum absolute atomic E-state index is 0.0166. The molecule has 2 aromatic carbocycles. The molecule has 0 bridgehead atoms. The molecule has 0 amide bonds. The Morgan fingerprint density at radius 3 is 2.38 bits per heavy atom. The molecule has 4 heteroatoms. The van der Waals surface area contributed by atoms with Gasteiger partial charge in [0.2, 0.25) is 0 Å². The van der Waals surface area contributed by atoms with Gasteiger partial charge in [0.05, 0.1) is 6.42 Å². The van der Waals surface area contributed by atoms with Crippen LogP contribution in [0, 0.1) is 5.82 Å². The fourth-order valence-corrected chi connectivity index (χ4v) is 2.20. The van der Waals surface area contributed by atoms with E-state index in [1.807, 2.05) is 31.2 Å². The second-order valence-corrected chi connectivity index (χ2v) is 4.99. The number of benzene rings is 2. The molecule has 1 atom stereocenters. The lowest BCUT2D eigenvalue weighted by Gasteiger charge is -2.16. The maximum absolute atomic E-state index is 12.9. The lowest BCUT2D eigenvalue weighted by molar-refractivity contribution is -0.136. The van der Waals surface area contributed by atoms with E-state index in [0.29, 0.717) is 6.54 Å². The fraction of sp³-hybridized carbons (Fsp3) is 0.235. The summed E-state index contributed by atoms with van der Waals surface area (Å²) in [5, 5.41) is 12.2. The largest absolute Gasteiger partial charge is 0.481 e. The van der Waals surface area contributed by atoms with Gasteiger partial charge in [-0.15, -0.1) is 0 Å². The van der Waals surface area contributed by atoms with Gasteiger partial charge < -0.3 is 10.4 Å². The summed E-state index contributed by atoms with van der Waals surface area (Å²) in [6, 6.07) is 13.9. The maximum atomic E-state index is 12.9. The Morgan fingerprint density at radius 1 is 1.14 bits per heavy atom. The quantitative estimate of drug-likeness (QED) is 0.857. The standard InChI is InChI=1S/C17H18FNO2/c1-12(13-6-8-16(18)9-7-13)19-11-15-5-3-2-4-14(15)10-17(20)21/h2-9,12,19H,10-11H2,1H3,(H,20,21)/t12-/m0/s1. The van der Waals surface area contributed by atoms with Crippen molar-refractivity contribution in [2.45, 2.75) is 25.9 Å². The van der Waals surface area contributed by atoms with Gasteiger partial charge in [-0.2, -0.15) is 0 Å². The minimum Gasteiger partial charge on any atom is -0.481 e. The van der Waals surface area contributed by atoms with Crippen LogP contribution >= 0.6 is 0 Å². The van der Waals surface area contributed by atoms with Gasteiger partial charge in [0.25, 0.3) is 0 Å². The van der Waals surface area contributed by atoms with Gasteiger partial charge in [-0.1, -0.05) is 36.4 Å².